The van der Waals surface area contributed by atoms with Gasteiger partial charge in [0.2, 0.25) is 0 Å². The van der Waals surface area contributed by atoms with Gasteiger partial charge < -0.3 is 5.32 Å². The Kier molecular flexibility index (Phi) is 4.77. The SMILES string of the molecule is Cc1cc(CNCC(C)C)ccc1-n1cc(Br)cn1. The molecule has 0 saturated heterocycles. The van der Waals surface area contributed by atoms with Crippen molar-refractivity contribution in [2.45, 2.75) is 27.3 Å². The minimum atomic E-state index is 0.682. The molecule has 0 spiro atoms. The maximum absolute atomic E-state index is 4.32. The first kappa shape index (κ1) is 14.3. The Morgan fingerprint density at radius 1 is 1.37 bits per heavy atom. The fourth-order valence-electron chi connectivity index (χ4n) is 2.02. The summed E-state index contributed by atoms with van der Waals surface area (Å²) in [7, 11) is 0. The summed E-state index contributed by atoms with van der Waals surface area (Å²) in [5, 5.41) is 7.78. The number of hydrogen-bond acceptors (Lipinski definition) is 2. The van der Waals surface area contributed by atoms with Crippen LogP contribution < -0.4 is 5.32 Å². The Balaban J connectivity index is 2.09. The molecule has 1 N–H and O–H groups in total. The topological polar surface area (TPSA) is 29.9 Å². The molecule has 0 amide bonds. The Morgan fingerprint density at radius 2 is 2.16 bits per heavy atom. The summed E-state index contributed by atoms with van der Waals surface area (Å²) in [6.07, 6.45) is 3.77. The van der Waals surface area contributed by atoms with Gasteiger partial charge in [-0.25, -0.2) is 4.68 Å². The number of aryl methyl sites for hydroxylation is 1. The Morgan fingerprint density at radius 3 is 2.74 bits per heavy atom. The minimum absolute atomic E-state index is 0.682. The van der Waals surface area contributed by atoms with Gasteiger partial charge in [0.15, 0.2) is 0 Å². The van der Waals surface area contributed by atoms with E-state index in [1.807, 2.05) is 10.9 Å². The van der Waals surface area contributed by atoms with Gasteiger partial charge in [0.25, 0.3) is 0 Å². The number of halogens is 1. The van der Waals surface area contributed by atoms with E-state index in [9.17, 15) is 0 Å². The van der Waals surface area contributed by atoms with Crippen LogP contribution in [0.25, 0.3) is 5.69 Å². The van der Waals surface area contributed by atoms with Crippen LogP contribution in [0.2, 0.25) is 0 Å². The first-order valence-corrected chi connectivity index (χ1v) is 7.36. The first-order chi connectivity index (χ1) is 9.06. The van der Waals surface area contributed by atoms with Crippen molar-refractivity contribution in [3.8, 4) is 5.69 Å². The molecule has 0 saturated carbocycles. The molecule has 0 aliphatic heterocycles. The molecule has 3 nitrogen and oxygen atoms in total. The fourth-order valence-corrected chi connectivity index (χ4v) is 2.31. The highest BCUT2D eigenvalue weighted by atomic mass is 79.9. The molecule has 0 aliphatic rings. The molecular formula is C15H20BrN3. The van der Waals surface area contributed by atoms with Crippen LogP contribution in [0.1, 0.15) is 25.0 Å². The van der Waals surface area contributed by atoms with Gasteiger partial charge in [0.05, 0.1) is 16.4 Å². The van der Waals surface area contributed by atoms with E-state index in [2.05, 4.69) is 65.3 Å². The van der Waals surface area contributed by atoms with Gasteiger partial charge in [-0.05, 0) is 52.5 Å². The molecule has 0 aliphatic carbocycles. The summed E-state index contributed by atoms with van der Waals surface area (Å²) < 4.78 is 2.89. The third-order valence-corrected chi connectivity index (χ3v) is 3.35. The highest BCUT2D eigenvalue weighted by Gasteiger charge is 2.04. The van der Waals surface area contributed by atoms with Crippen molar-refractivity contribution in [1.82, 2.24) is 15.1 Å². The summed E-state index contributed by atoms with van der Waals surface area (Å²) >= 11 is 3.42. The van der Waals surface area contributed by atoms with Crippen molar-refractivity contribution in [1.29, 1.82) is 0 Å². The summed E-state index contributed by atoms with van der Waals surface area (Å²) in [6, 6.07) is 6.50. The third kappa shape index (κ3) is 3.91. The number of nitrogens with zero attached hydrogens (tertiary/aromatic N) is 2. The van der Waals surface area contributed by atoms with Crippen LogP contribution in [0.5, 0.6) is 0 Å². The van der Waals surface area contributed by atoms with E-state index >= 15 is 0 Å². The number of nitrogens with one attached hydrogen (secondary N) is 1. The van der Waals surface area contributed by atoms with Crippen LogP contribution in [0.3, 0.4) is 0 Å². The monoisotopic (exact) mass is 321 g/mol. The average molecular weight is 322 g/mol. The fraction of sp³-hybridized carbons (Fsp3) is 0.400. The van der Waals surface area contributed by atoms with E-state index in [0.29, 0.717) is 5.92 Å². The molecule has 1 aromatic heterocycles. The van der Waals surface area contributed by atoms with Crippen LogP contribution in [-0.4, -0.2) is 16.3 Å². The maximum atomic E-state index is 4.32. The molecule has 102 valence electrons. The van der Waals surface area contributed by atoms with E-state index < -0.39 is 0 Å². The number of hydrogen-bond donors (Lipinski definition) is 1. The second kappa shape index (κ2) is 6.35. The summed E-state index contributed by atoms with van der Waals surface area (Å²) in [5.41, 5.74) is 3.67. The standard InChI is InChI=1S/C15H20BrN3/c1-11(2)7-17-8-13-4-5-15(12(3)6-13)19-10-14(16)9-18-19/h4-6,9-11,17H,7-8H2,1-3H3. The number of benzene rings is 1. The normalized spacial score (nSPS) is 11.2. The first-order valence-electron chi connectivity index (χ1n) is 6.57. The van der Waals surface area contributed by atoms with Crippen LogP contribution in [0.4, 0.5) is 0 Å². The van der Waals surface area contributed by atoms with E-state index in [4.69, 9.17) is 0 Å². The lowest BCUT2D eigenvalue weighted by atomic mass is 10.1. The lowest BCUT2D eigenvalue weighted by molar-refractivity contribution is 0.552. The quantitative estimate of drug-likeness (QED) is 0.910. The predicted octanol–water partition coefficient (Wildman–Crippen LogP) is 3.69. The highest BCUT2D eigenvalue weighted by molar-refractivity contribution is 9.10. The molecule has 2 aromatic rings. The molecule has 0 fully saturated rings. The molecular weight excluding hydrogens is 302 g/mol. The molecule has 19 heavy (non-hydrogen) atoms. The molecule has 2 rings (SSSR count). The van der Waals surface area contributed by atoms with Crippen LogP contribution in [0.15, 0.2) is 35.1 Å². The molecule has 1 aromatic carbocycles. The van der Waals surface area contributed by atoms with E-state index in [-0.39, 0.29) is 0 Å². The van der Waals surface area contributed by atoms with Gasteiger partial charge in [0, 0.05) is 12.7 Å². The second-order valence-electron chi connectivity index (χ2n) is 5.25. The van der Waals surface area contributed by atoms with E-state index in [0.717, 1.165) is 23.2 Å². The van der Waals surface area contributed by atoms with Crippen LogP contribution >= 0.6 is 15.9 Å². The molecule has 0 radical (unpaired) electrons. The van der Waals surface area contributed by atoms with Gasteiger partial charge in [-0.15, -0.1) is 0 Å². The van der Waals surface area contributed by atoms with Crippen molar-refractivity contribution < 1.29 is 0 Å². The lowest BCUT2D eigenvalue weighted by Crippen LogP contribution is -2.19. The Labute approximate surface area is 123 Å². The largest absolute Gasteiger partial charge is 0.312 e. The van der Waals surface area contributed by atoms with E-state index in [1.165, 1.54) is 11.1 Å². The van der Waals surface area contributed by atoms with Crippen LogP contribution in [0, 0.1) is 12.8 Å². The van der Waals surface area contributed by atoms with Gasteiger partial charge in [-0.3, -0.25) is 0 Å². The Hall–Kier alpha value is -1.13. The summed E-state index contributed by atoms with van der Waals surface area (Å²) in [4.78, 5) is 0. The van der Waals surface area contributed by atoms with Gasteiger partial charge in [0.1, 0.15) is 0 Å². The van der Waals surface area contributed by atoms with Crippen LogP contribution in [-0.2, 0) is 6.54 Å². The van der Waals surface area contributed by atoms with Crippen molar-refractivity contribution in [3.05, 3.63) is 46.2 Å². The third-order valence-electron chi connectivity index (χ3n) is 2.94. The van der Waals surface area contributed by atoms with Crippen molar-refractivity contribution in [2.75, 3.05) is 6.54 Å². The highest BCUT2D eigenvalue weighted by Crippen LogP contribution is 2.17. The zero-order valence-corrected chi connectivity index (χ0v) is 13.2. The summed E-state index contributed by atoms with van der Waals surface area (Å²) in [6.45, 7) is 8.53. The molecule has 4 heteroatoms. The van der Waals surface area contributed by atoms with E-state index in [1.54, 1.807) is 6.20 Å². The van der Waals surface area contributed by atoms with Gasteiger partial charge >= 0.3 is 0 Å². The van der Waals surface area contributed by atoms with Crippen molar-refractivity contribution in [2.24, 2.45) is 5.92 Å². The second-order valence-corrected chi connectivity index (χ2v) is 6.16. The Bertz CT molecular complexity index is 546. The van der Waals surface area contributed by atoms with Gasteiger partial charge in [-0.1, -0.05) is 26.0 Å². The molecule has 0 unspecified atom stereocenters. The van der Waals surface area contributed by atoms with Crippen molar-refractivity contribution >= 4 is 15.9 Å². The average Bonchev–Trinajstić information content (AvgIpc) is 2.75. The predicted molar refractivity (Wildman–Crippen MR) is 82.5 cm³/mol. The van der Waals surface area contributed by atoms with Gasteiger partial charge in [-0.2, -0.15) is 5.10 Å². The molecule has 0 atom stereocenters. The smallest absolute Gasteiger partial charge is 0.0675 e. The maximum Gasteiger partial charge on any atom is 0.0675 e. The zero-order valence-electron chi connectivity index (χ0n) is 11.7. The summed E-state index contributed by atoms with van der Waals surface area (Å²) in [5.74, 6) is 0.682. The molecule has 1 heterocycles. The lowest BCUT2D eigenvalue weighted by Gasteiger charge is -2.10. The minimum Gasteiger partial charge on any atom is -0.312 e. The number of rotatable bonds is 5. The zero-order chi connectivity index (χ0) is 13.8. The van der Waals surface area contributed by atoms with Crippen molar-refractivity contribution in [3.63, 3.8) is 0 Å². The molecule has 0 bridgehead atoms. The number of aromatic nitrogens is 2.